The van der Waals surface area contributed by atoms with E-state index >= 15 is 0 Å². The van der Waals surface area contributed by atoms with Crippen molar-refractivity contribution in [2.45, 2.75) is 6.61 Å². The Morgan fingerprint density at radius 3 is 2.31 bits per heavy atom. The number of ether oxygens (including phenoxy) is 2. The topological polar surface area (TPSA) is 88.4 Å². The second-order valence-corrected chi connectivity index (χ2v) is 6.07. The molecular formula is C23H18N2O4. The molecule has 6 heteroatoms. The van der Waals surface area contributed by atoms with Crippen LogP contribution < -0.4 is 10.1 Å². The van der Waals surface area contributed by atoms with E-state index in [2.05, 4.69) is 5.32 Å². The fourth-order valence-electron chi connectivity index (χ4n) is 2.50. The highest BCUT2D eigenvalue weighted by molar-refractivity contribution is 6.04. The number of anilines is 1. The fourth-order valence-corrected chi connectivity index (χ4v) is 2.50. The number of carbonyl (C=O) groups excluding carboxylic acids is 2. The van der Waals surface area contributed by atoms with E-state index in [9.17, 15) is 9.59 Å². The van der Waals surface area contributed by atoms with Gasteiger partial charge in [-0.2, -0.15) is 5.26 Å². The van der Waals surface area contributed by atoms with Crippen molar-refractivity contribution in [2.24, 2.45) is 0 Å². The molecule has 0 aliphatic carbocycles. The zero-order valence-electron chi connectivity index (χ0n) is 15.5. The first-order valence-corrected chi connectivity index (χ1v) is 8.88. The zero-order valence-corrected chi connectivity index (χ0v) is 15.5. The number of hydrogen-bond donors (Lipinski definition) is 1. The number of para-hydroxylation sites is 2. The summed E-state index contributed by atoms with van der Waals surface area (Å²) in [6.07, 6.45) is 0. The summed E-state index contributed by atoms with van der Waals surface area (Å²) in [4.78, 5) is 24.1. The summed E-state index contributed by atoms with van der Waals surface area (Å²) in [7, 11) is 0. The number of rotatable bonds is 7. The summed E-state index contributed by atoms with van der Waals surface area (Å²) in [5.41, 5.74) is 2.31. The Labute approximate surface area is 168 Å². The van der Waals surface area contributed by atoms with Crippen molar-refractivity contribution in [3.05, 3.63) is 95.6 Å². The molecular weight excluding hydrogens is 368 g/mol. The Bertz CT molecular complexity index is 1020. The second-order valence-electron chi connectivity index (χ2n) is 6.07. The van der Waals surface area contributed by atoms with E-state index in [0.29, 0.717) is 22.6 Å². The predicted octanol–water partition coefficient (Wildman–Crippen LogP) is 3.93. The molecule has 0 aromatic heterocycles. The first kappa shape index (κ1) is 19.6. The molecule has 6 nitrogen and oxygen atoms in total. The maximum atomic E-state index is 12.2. The van der Waals surface area contributed by atoms with Gasteiger partial charge in [-0.25, -0.2) is 4.79 Å². The number of nitrogens with zero attached hydrogens (tertiary/aromatic N) is 1. The van der Waals surface area contributed by atoms with E-state index in [4.69, 9.17) is 14.7 Å². The van der Waals surface area contributed by atoms with Crippen LogP contribution in [0.15, 0.2) is 78.9 Å². The lowest BCUT2D eigenvalue weighted by molar-refractivity contribution is -0.147. The van der Waals surface area contributed by atoms with Gasteiger partial charge in [0.05, 0.1) is 5.56 Å². The molecule has 0 spiro atoms. The van der Waals surface area contributed by atoms with Crippen molar-refractivity contribution in [2.75, 3.05) is 11.9 Å². The summed E-state index contributed by atoms with van der Waals surface area (Å²) in [5, 5.41) is 11.8. The largest absolute Gasteiger partial charge is 0.481 e. The Morgan fingerprint density at radius 2 is 1.59 bits per heavy atom. The monoisotopic (exact) mass is 386 g/mol. The molecule has 144 valence electrons. The molecule has 0 fully saturated rings. The van der Waals surface area contributed by atoms with Crippen LogP contribution in [-0.4, -0.2) is 18.5 Å². The van der Waals surface area contributed by atoms with Crippen molar-refractivity contribution in [1.29, 1.82) is 5.26 Å². The van der Waals surface area contributed by atoms with Gasteiger partial charge in [-0.15, -0.1) is 0 Å². The van der Waals surface area contributed by atoms with Gasteiger partial charge in [0, 0.05) is 11.3 Å². The molecule has 0 unspecified atom stereocenters. The Kier molecular flexibility index (Phi) is 6.58. The molecule has 0 saturated heterocycles. The molecule has 0 heterocycles. The van der Waals surface area contributed by atoms with Crippen molar-refractivity contribution in [3.63, 3.8) is 0 Å². The summed E-state index contributed by atoms with van der Waals surface area (Å²) in [6.45, 7) is -0.237. The minimum absolute atomic E-state index is 0.0582. The molecule has 0 aliphatic rings. The highest BCUT2D eigenvalue weighted by Crippen LogP contribution is 2.16. The number of amides is 1. The number of esters is 1. The van der Waals surface area contributed by atoms with Crippen molar-refractivity contribution in [1.82, 2.24) is 0 Å². The minimum Gasteiger partial charge on any atom is -0.481 e. The average molecular weight is 386 g/mol. The third-order valence-corrected chi connectivity index (χ3v) is 4.00. The number of carbonyl (C=O) groups is 2. The lowest BCUT2D eigenvalue weighted by Crippen LogP contribution is -2.15. The number of nitriles is 1. The molecule has 3 aromatic rings. The molecule has 0 aliphatic heterocycles. The highest BCUT2D eigenvalue weighted by Gasteiger charge is 2.09. The van der Waals surface area contributed by atoms with Crippen LogP contribution in [0, 0.1) is 11.3 Å². The van der Waals surface area contributed by atoms with Gasteiger partial charge in [0.2, 0.25) is 0 Å². The standard InChI is InChI=1S/C23H18N2O4/c24-14-19-6-4-5-9-21(19)28-16-22(26)29-15-17-10-12-18(13-11-17)23(27)25-20-7-2-1-3-8-20/h1-13H,15-16H2,(H,25,27). The molecule has 0 saturated carbocycles. The minimum atomic E-state index is -0.552. The molecule has 3 rings (SSSR count). The molecule has 29 heavy (non-hydrogen) atoms. The van der Waals surface area contributed by atoms with E-state index in [1.807, 2.05) is 36.4 Å². The lowest BCUT2D eigenvalue weighted by atomic mass is 10.1. The fraction of sp³-hybridized carbons (Fsp3) is 0.0870. The predicted molar refractivity (Wildman–Crippen MR) is 107 cm³/mol. The van der Waals surface area contributed by atoms with Crippen LogP contribution in [-0.2, 0) is 16.1 Å². The third kappa shape index (κ3) is 5.68. The van der Waals surface area contributed by atoms with E-state index in [1.54, 1.807) is 48.5 Å². The van der Waals surface area contributed by atoms with Gasteiger partial charge in [0.25, 0.3) is 5.91 Å². The number of benzene rings is 3. The molecule has 1 N–H and O–H groups in total. The van der Waals surface area contributed by atoms with Crippen LogP contribution in [0.4, 0.5) is 5.69 Å². The highest BCUT2D eigenvalue weighted by atomic mass is 16.6. The quantitative estimate of drug-likeness (QED) is 0.622. The normalized spacial score (nSPS) is 9.90. The number of nitrogens with one attached hydrogen (secondary N) is 1. The van der Waals surface area contributed by atoms with Crippen LogP contribution in [0.1, 0.15) is 21.5 Å². The van der Waals surface area contributed by atoms with Gasteiger partial charge in [-0.3, -0.25) is 4.79 Å². The van der Waals surface area contributed by atoms with Gasteiger partial charge in [-0.1, -0.05) is 42.5 Å². The Balaban J connectivity index is 1.48. The van der Waals surface area contributed by atoms with Crippen LogP contribution >= 0.6 is 0 Å². The number of hydrogen-bond acceptors (Lipinski definition) is 5. The van der Waals surface area contributed by atoms with Crippen molar-refractivity contribution < 1.29 is 19.1 Å². The Hall–Kier alpha value is -4.11. The maximum Gasteiger partial charge on any atom is 0.344 e. The molecule has 1 amide bonds. The van der Waals surface area contributed by atoms with Crippen LogP contribution in [0.25, 0.3) is 0 Å². The second kappa shape index (κ2) is 9.72. The molecule has 0 radical (unpaired) electrons. The van der Waals surface area contributed by atoms with E-state index in [0.717, 1.165) is 5.56 Å². The van der Waals surface area contributed by atoms with Crippen LogP contribution in [0.2, 0.25) is 0 Å². The SMILES string of the molecule is N#Cc1ccccc1OCC(=O)OCc1ccc(C(=O)Nc2ccccc2)cc1. The molecule has 0 bridgehead atoms. The lowest BCUT2D eigenvalue weighted by Gasteiger charge is -2.09. The summed E-state index contributed by atoms with van der Waals surface area (Å²) in [6, 6.07) is 24.6. The first-order valence-electron chi connectivity index (χ1n) is 8.88. The zero-order chi connectivity index (χ0) is 20.5. The van der Waals surface area contributed by atoms with E-state index in [1.165, 1.54) is 0 Å². The van der Waals surface area contributed by atoms with Gasteiger partial charge in [0.15, 0.2) is 6.61 Å². The smallest absolute Gasteiger partial charge is 0.344 e. The summed E-state index contributed by atoms with van der Waals surface area (Å²) < 4.78 is 10.5. The van der Waals surface area contributed by atoms with E-state index < -0.39 is 5.97 Å². The van der Waals surface area contributed by atoms with Gasteiger partial charge >= 0.3 is 5.97 Å². The van der Waals surface area contributed by atoms with Gasteiger partial charge in [-0.05, 0) is 42.0 Å². The van der Waals surface area contributed by atoms with Crippen molar-refractivity contribution in [3.8, 4) is 11.8 Å². The molecule has 3 aromatic carbocycles. The van der Waals surface area contributed by atoms with Crippen LogP contribution in [0.5, 0.6) is 5.75 Å². The first-order chi connectivity index (χ1) is 14.2. The van der Waals surface area contributed by atoms with Gasteiger partial charge < -0.3 is 14.8 Å². The summed E-state index contributed by atoms with van der Waals surface area (Å²) in [5.74, 6) is -0.436. The maximum absolute atomic E-state index is 12.2. The Morgan fingerprint density at radius 1 is 0.897 bits per heavy atom. The summed E-state index contributed by atoms with van der Waals surface area (Å²) >= 11 is 0. The van der Waals surface area contributed by atoms with Crippen molar-refractivity contribution >= 4 is 17.6 Å². The van der Waals surface area contributed by atoms with E-state index in [-0.39, 0.29) is 19.1 Å². The average Bonchev–Trinajstić information content (AvgIpc) is 2.77. The van der Waals surface area contributed by atoms with Gasteiger partial charge in [0.1, 0.15) is 18.4 Å². The molecule has 0 atom stereocenters. The third-order valence-electron chi connectivity index (χ3n) is 4.00. The van der Waals surface area contributed by atoms with Crippen LogP contribution in [0.3, 0.4) is 0 Å².